The van der Waals surface area contributed by atoms with Gasteiger partial charge in [-0.1, -0.05) is 0 Å². The van der Waals surface area contributed by atoms with E-state index >= 15 is 0 Å². The zero-order valence-electron chi connectivity index (χ0n) is 13.6. The number of hydrogen-bond acceptors (Lipinski definition) is 5. The van der Waals surface area contributed by atoms with Crippen molar-refractivity contribution in [3.05, 3.63) is 30.1 Å². The number of pyridine rings is 1. The van der Waals surface area contributed by atoms with Gasteiger partial charge in [-0.15, -0.1) is 0 Å². The minimum absolute atomic E-state index is 0.0732. The Morgan fingerprint density at radius 2 is 2.13 bits per heavy atom. The molecule has 0 aromatic carbocycles. The third-order valence-corrected chi connectivity index (χ3v) is 4.42. The predicted molar refractivity (Wildman–Crippen MR) is 83.6 cm³/mol. The van der Waals surface area contributed by atoms with Gasteiger partial charge < -0.3 is 14.5 Å². The zero-order chi connectivity index (χ0) is 16.4. The Balaban J connectivity index is 1.52. The monoisotopic (exact) mass is 318 g/mol. The summed E-state index contributed by atoms with van der Waals surface area (Å²) in [5, 5.41) is 0. The number of amides is 2. The normalized spacial score (nSPS) is 23.9. The molecule has 23 heavy (non-hydrogen) atoms. The van der Waals surface area contributed by atoms with E-state index in [0.29, 0.717) is 39.1 Å². The van der Waals surface area contributed by atoms with Crippen molar-refractivity contribution in [3.63, 3.8) is 0 Å². The lowest BCUT2D eigenvalue weighted by Gasteiger charge is -2.24. The number of aromatic nitrogens is 1. The molecule has 2 saturated heterocycles. The molecule has 2 fully saturated rings. The Kier molecular flexibility index (Phi) is 4.21. The van der Waals surface area contributed by atoms with Crippen LogP contribution in [-0.2, 0) is 16.1 Å². The first-order valence-electron chi connectivity index (χ1n) is 7.77. The number of hydrogen-bond donors (Lipinski definition) is 0. The molecular formula is C16H22N4O3. The summed E-state index contributed by atoms with van der Waals surface area (Å²) in [5.41, 5.74) is 0.616. The van der Waals surface area contributed by atoms with Crippen molar-refractivity contribution in [3.8, 4) is 0 Å². The van der Waals surface area contributed by atoms with E-state index in [1.807, 2.05) is 24.1 Å². The van der Waals surface area contributed by atoms with Crippen LogP contribution >= 0.6 is 0 Å². The molecule has 7 heteroatoms. The summed E-state index contributed by atoms with van der Waals surface area (Å²) >= 11 is 0. The minimum atomic E-state index is -0.509. The van der Waals surface area contributed by atoms with Crippen LogP contribution in [0.15, 0.2) is 24.5 Å². The van der Waals surface area contributed by atoms with Crippen molar-refractivity contribution in [1.82, 2.24) is 19.7 Å². The van der Waals surface area contributed by atoms with E-state index in [4.69, 9.17) is 4.74 Å². The number of carbonyl (C=O) groups is 2. The Morgan fingerprint density at radius 1 is 1.39 bits per heavy atom. The van der Waals surface area contributed by atoms with Gasteiger partial charge in [-0.25, -0.2) is 4.79 Å². The smallest absolute Gasteiger partial charge is 0.410 e. The fourth-order valence-electron chi connectivity index (χ4n) is 3.25. The number of likely N-dealkylation sites (N-methyl/N-ethyl adjacent to an activating group) is 2. The maximum atomic E-state index is 12.5. The van der Waals surface area contributed by atoms with Gasteiger partial charge in [0.15, 0.2) is 5.60 Å². The summed E-state index contributed by atoms with van der Waals surface area (Å²) in [6.07, 6.45) is 3.91. The average Bonchev–Trinajstić information content (AvgIpc) is 3.03. The molecule has 2 amide bonds. The molecule has 3 rings (SSSR count). The molecule has 2 aliphatic rings. The van der Waals surface area contributed by atoms with Gasteiger partial charge in [0.1, 0.15) is 0 Å². The highest BCUT2D eigenvalue weighted by Crippen LogP contribution is 2.31. The van der Waals surface area contributed by atoms with Crippen LogP contribution in [0.4, 0.5) is 4.79 Å². The molecule has 0 unspecified atom stereocenters. The molecule has 3 heterocycles. The molecule has 1 spiro atoms. The molecule has 0 aliphatic carbocycles. The van der Waals surface area contributed by atoms with Crippen LogP contribution in [0.25, 0.3) is 0 Å². The first kappa shape index (κ1) is 15.7. The fraction of sp³-hybridized carbons (Fsp3) is 0.562. The largest absolute Gasteiger partial charge is 0.439 e. The minimum Gasteiger partial charge on any atom is -0.439 e. The van der Waals surface area contributed by atoms with Gasteiger partial charge in [-0.05, 0) is 24.7 Å². The summed E-state index contributed by atoms with van der Waals surface area (Å²) in [4.78, 5) is 33.4. The summed E-state index contributed by atoms with van der Waals surface area (Å²) in [5.74, 6) is 0.0732. The van der Waals surface area contributed by atoms with Crippen LogP contribution in [0.1, 0.15) is 12.0 Å². The number of rotatable bonds is 4. The van der Waals surface area contributed by atoms with E-state index in [9.17, 15) is 9.59 Å². The molecule has 2 aliphatic heterocycles. The molecular weight excluding hydrogens is 296 g/mol. The summed E-state index contributed by atoms with van der Waals surface area (Å²) in [6, 6.07) is 3.89. The highest BCUT2D eigenvalue weighted by Gasteiger charge is 2.49. The van der Waals surface area contributed by atoms with Gasteiger partial charge >= 0.3 is 6.09 Å². The van der Waals surface area contributed by atoms with E-state index in [0.717, 1.165) is 5.56 Å². The molecule has 1 aromatic heterocycles. The second-order valence-corrected chi connectivity index (χ2v) is 6.50. The molecule has 124 valence electrons. The predicted octanol–water partition coefficient (Wildman–Crippen LogP) is 0.567. The molecule has 0 saturated carbocycles. The van der Waals surface area contributed by atoms with E-state index < -0.39 is 5.60 Å². The third-order valence-electron chi connectivity index (χ3n) is 4.42. The molecule has 0 radical (unpaired) electrons. The highest BCUT2D eigenvalue weighted by atomic mass is 16.6. The Hall–Kier alpha value is -2.15. The second kappa shape index (κ2) is 6.16. The van der Waals surface area contributed by atoms with Crippen LogP contribution in [0.2, 0.25) is 0 Å². The van der Waals surface area contributed by atoms with Crippen molar-refractivity contribution < 1.29 is 14.3 Å². The highest BCUT2D eigenvalue weighted by molar-refractivity contribution is 5.79. The molecule has 1 atom stereocenters. The average molecular weight is 318 g/mol. The van der Waals surface area contributed by atoms with Crippen molar-refractivity contribution in [2.24, 2.45) is 0 Å². The Morgan fingerprint density at radius 3 is 2.78 bits per heavy atom. The van der Waals surface area contributed by atoms with E-state index in [1.54, 1.807) is 29.2 Å². The standard InChI is InChI=1S/C16H22N4O3/c1-18(9-13-3-6-17-7-4-13)10-14(21)20-8-5-16(12-20)11-19(2)15(22)23-16/h3-4,6-7H,5,8-12H2,1-2H3/t16-/m1/s1. The lowest BCUT2D eigenvalue weighted by Crippen LogP contribution is -2.42. The van der Waals surface area contributed by atoms with Crippen molar-refractivity contribution in [2.45, 2.75) is 18.6 Å². The second-order valence-electron chi connectivity index (χ2n) is 6.50. The topological polar surface area (TPSA) is 66.0 Å². The van der Waals surface area contributed by atoms with E-state index in [2.05, 4.69) is 4.98 Å². The summed E-state index contributed by atoms with van der Waals surface area (Å²) in [6.45, 7) is 2.74. The van der Waals surface area contributed by atoms with Crippen molar-refractivity contribution >= 4 is 12.0 Å². The summed E-state index contributed by atoms with van der Waals surface area (Å²) < 4.78 is 5.48. The third kappa shape index (κ3) is 3.44. The van der Waals surface area contributed by atoms with Gasteiger partial charge in [0, 0.05) is 39.0 Å². The Labute approximate surface area is 135 Å². The van der Waals surface area contributed by atoms with Gasteiger partial charge in [-0.2, -0.15) is 0 Å². The number of ether oxygens (including phenoxy) is 1. The fourth-order valence-corrected chi connectivity index (χ4v) is 3.25. The van der Waals surface area contributed by atoms with Crippen LogP contribution in [0.5, 0.6) is 0 Å². The maximum Gasteiger partial charge on any atom is 0.410 e. The lowest BCUT2D eigenvalue weighted by atomic mass is 10.0. The molecule has 1 aromatic rings. The number of nitrogens with zero attached hydrogens (tertiary/aromatic N) is 4. The number of carbonyl (C=O) groups excluding carboxylic acids is 2. The zero-order valence-corrected chi connectivity index (χ0v) is 13.6. The van der Waals surface area contributed by atoms with Crippen LogP contribution in [0.3, 0.4) is 0 Å². The van der Waals surface area contributed by atoms with Gasteiger partial charge in [0.2, 0.25) is 5.91 Å². The van der Waals surface area contributed by atoms with Crippen LogP contribution in [-0.4, -0.2) is 77.6 Å². The molecule has 0 N–H and O–H groups in total. The Bertz CT molecular complexity index is 594. The molecule has 7 nitrogen and oxygen atoms in total. The maximum absolute atomic E-state index is 12.5. The first-order valence-corrected chi connectivity index (χ1v) is 7.77. The van der Waals surface area contributed by atoms with Crippen LogP contribution in [0, 0.1) is 0 Å². The summed E-state index contributed by atoms with van der Waals surface area (Å²) in [7, 11) is 3.65. The van der Waals surface area contributed by atoms with Gasteiger partial charge in [-0.3, -0.25) is 14.7 Å². The van der Waals surface area contributed by atoms with Crippen molar-refractivity contribution in [2.75, 3.05) is 40.3 Å². The lowest BCUT2D eigenvalue weighted by molar-refractivity contribution is -0.132. The van der Waals surface area contributed by atoms with Gasteiger partial charge in [0.25, 0.3) is 0 Å². The quantitative estimate of drug-likeness (QED) is 0.812. The van der Waals surface area contributed by atoms with Crippen LogP contribution < -0.4 is 0 Å². The number of likely N-dealkylation sites (tertiary alicyclic amines) is 1. The first-order chi connectivity index (χ1) is 11.0. The van der Waals surface area contributed by atoms with Crippen molar-refractivity contribution in [1.29, 1.82) is 0 Å². The van der Waals surface area contributed by atoms with E-state index in [-0.39, 0.29) is 12.0 Å². The SMILES string of the molecule is CN(CC(=O)N1CC[C@@]2(CN(C)C(=O)O2)C1)Cc1ccncc1. The molecule has 0 bridgehead atoms. The van der Waals surface area contributed by atoms with Gasteiger partial charge in [0.05, 0.1) is 19.6 Å². The van der Waals surface area contributed by atoms with E-state index in [1.165, 1.54) is 0 Å².